The highest BCUT2D eigenvalue weighted by molar-refractivity contribution is 5.95. The molecule has 0 bridgehead atoms. The van der Waals surface area contributed by atoms with Gasteiger partial charge in [0.1, 0.15) is 0 Å². The standard InChI is InChI=1S/C17H27N3O/c1-5-18-17(21)14-7-6-12(2)16(11-14)19-15-8-9-20(4)13(3)10-15/h6-7,11,13,15,19H,5,8-10H2,1-4H3,(H,18,21). The Balaban J connectivity index is 2.09. The van der Waals surface area contributed by atoms with Gasteiger partial charge in [0.25, 0.3) is 5.91 Å². The average molecular weight is 289 g/mol. The first-order valence-corrected chi connectivity index (χ1v) is 7.87. The van der Waals surface area contributed by atoms with Gasteiger partial charge in [-0.3, -0.25) is 4.79 Å². The maximum absolute atomic E-state index is 11.9. The van der Waals surface area contributed by atoms with Crippen molar-refractivity contribution in [1.29, 1.82) is 0 Å². The third-order valence-electron chi connectivity index (χ3n) is 4.41. The second kappa shape index (κ2) is 6.94. The summed E-state index contributed by atoms with van der Waals surface area (Å²) in [6.45, 7) is 8.06. The molecule has 1 fully saturated rings. The van der Waals surface area contributed by atoms with Crippen LogP contribution in [0.5, 0.6) is 0 Å². The zero-order valence-corrected chi connectivity index (χ0v) is 13.6. The van der Waals surface area contributed by atoms with E-state index in [1.54, 1.807) is 0 Å². The quantitative estimate of drug-likeness (QED) is 0.895. The highest BCUT2D eigenvalue weighted by Crippen LogP contribution is 2.23. The van der Waals surface area contributed by atoms with Gasteiger partial charge in [0.2, 0.25) is 0 Å². The third kappa shape index (κ3) is 3.97. The lowest BCUT2D eigenvalue weighted by atomic mass is 9.98. The van der Waals surface area contributed by atoms with Crippen LogP contribution in [-0.4, -0.2) is 43.0 Å². The minimum atomic E-state index is -0.00250. The Hall–Kier alpha value is -1.55. The summed E-state index contributed by atoms with van der Waals surface area (Å²) < 4.78 is 0. The van der Waals surface area contributed by atoms with Crippen LogP contribution in [0, 0.1) is 6.92 Å². The van der Waals surface area contributed by atoms with Crippen LogP contribution in [0.4, 0.5) is 5.69 Å². The average Bonchev–Trinajstić information content (AvgIpc) is 2.45. The monoisotopic (exact) mass is 289 g/mol. The van der Waals surface area contributed by atoms with E-state index in [1.165, 1.54) is 5.56 Å². The number of piperidine rings is 1. The Morgan fingerprint density at radius 3 is 2.86 bits per heavy atom. The second-order valence-corrected chi connectivity index (χ2v) is 6.08. The minimum absolute atomic E-state index is 0.00250. The molecule has 0 spiro atoms. The molecule has 0 aromatic heterocycles. The van der Waals surface area contributed by atoms with E-state index in [0.717, 1.165) is 30.6 Å². The molecule has 1 saturated heterocycles. The van der Waals surface area contributed by atoms with Gasteiger partial charge in [-0.2, -0.15) is 0 Å². The number of nitrogens with one attached hydrogen (secondary N) is 2. The maximum atomic E-state index is 11.9. The number of likely N-dealkylation sites (tertiary alicyclic amines) is 1. The largest absolute Gasteiger partial charge is 0.382 e. The molecule has 1 aromatic carbocycles. The molecule has 1 aliphatic heterocycles. The van der Waals surface area contributed by atoms with Crippen molar-refractivity contribution in [2.45, 2.75) is 45.7 Å². The Morgan fingerprint density at radius 2 is 2.19 bits per heavy atom. The number of nitrogens with zero attached hydrogens (tertiary/aromatic N) is 1. The Morgan fingerprint density at radius 1 is 1.43 bits per heavy atom. The van der Waals surface area contributed by atoms with Gasteiger partial charge in [0.15, 0.2) is 0 Å². The van der Waals surface area contributed by atoms with Crippen molar-refractivity contribution < 1.29 is 4.79 Å². The molecule has 0 aliphatic carbocycles. The van der Waals surface area contributed by atoms with E-state index >= 15 is 0 Å². The van der Waals surface area contributed by atoms with Gasteiger partial charge in [-0.25, -0.2) is 0 Å². The first kappa shape index (κ1) is 15.8. The summed E-state index contributed by atoms with van der Waals surface area (Å²) in [6, 6.07) is 6.97. The zero-order valence-electron chi connectivity index (χ0n) is 13.6. The summed E-state index contributed by atoms with van der Waals surface area (Å²) in [5.74, 6) is -0.00250. The lowest BCUT2D eigenvalue weighted by Crippen LogP contribution is -2.42. The molecule has 4 nitrogen and oxygen atoms in total. The number of anilines is 1. The van der Waals surface area contributed by atoms with Gasteiger partial charge in [-0.15, -0.1) is 0 Å². The SMILES string of the molecule is CCNC(=O)c1ccc(C)c(NC2CCN(C)C(C)C2)c1. The molecular weight excluding hydrogens is 262 g/mol. The Kier molecular flexibility index (Phi) is 5.23. The van der Waals surface area contributed by atoms with E-state index in [9.17, 15) is 4.79 Å². The first-order chi connectivity index (χ1) is 10.0. The molecule has 2 rings (SSSR count). The van der Waals surface area contributed by atoms with Crippen LogP contribution in [-0.2, 0) is 0 Å². The number of carbonyl (C=O) groups excluding carboxylic acids is 1. The van der Waals surface area contributed by atoms with E-state index in [2.05, 4.69) is 36.4 Å². The molecule has 0 saturated carbocycles. The van der Waals surface area contributed by atoms with Crippen LogP contribution in [0.3, 0.4) is 0 Å². The third-order valence-corrected chi connectivity index (χ3v) is 4.41. The second-order valence-electron chi connectivity index (χ2n) is 6.08. The van der Waals surface area contributed by atoms with E-state index in [0.29, 0.717) is 18.6 Å². The summed E-state index contributed by atoms with van der Waals surface area (Å²) >= 11 is 0. The summed E-state index contributed by atoms with van der Waals surface area (Å²) in [7, 11) is 2.18. The van der Waals surface area contributed by atoms with Gasteiger partial charge >= 0.3 is 0 Å². The predicted molar refractivity (Wildman–Crippen MR) is 87.9 cm³/mol. The van der Waals surface area contributed by atoms with Crippen molar-refractivity contribution >= 4 is 11.6 Å². The highest BCUT2D eigenvalue weighted by atomic mass is 16.1. The molecule has 0 radical (unpaired) electrons. The molecule has 1 heterocycles. The number of aryl methyl sites for hydroxylation is 1. The molecule has 1 aliphatic rings. The molecule has 2 N–H and O–H groups in total. The number of hydrogen-bond donors (Lipinski definition) is 2. The van der Waals surface area contributed by atoms with Crippen molar-refractivity contribution in [2.75, 3.05) is 25.5 Å². The van der Waals surface area contributed by atoms with Crippen LogP contribution in [0.1, 0.15) is 42.6 Å². The first-order valence-electron chi connectivity index (χ1n) is 7.87. The van der Waals surface area contributed by atoms with Crippen molar-refractivity contribution in [3.8, 4) is 0 Å². The van der Waals surface area contributed by atoms with E-state index < -0.39 is 0 Å². The van der Waals surface area contributed by atoms with Crippen molar-refractivity contribution in [3.63, 3.8) is 0 Å². The number of rotatable bonds is 4. The van der Waals surface area contributed by atoms with E-state index in [-0.39, 0.29) is 5.91 Å². The predicted octanol–water partition coefficient (Wildman–Crippen LogP) is 2.64. The van der Waals surface area contributed by atoms with Gasteiger partial charge in [0, 0.05) is 36.4 Å². The minimum Gasteiger partial charge on any atom is -0.382 e. The lowest BCUT2D eigenvalue weighted by molar-refractivity contribution is 0.0956. The number of carbonyl (C=O) groups is 1. The van der Waals surface area contributed by atoms with Crippen molar-refractivity contribution in [3.05, 3.63) is 29.3 Å². The van der Waals surface area contributed by atoms with Crippen molar-refractivity contribution in [2.24, 2.45) is 0 Å². The molecule has 1 aromatic rings. The topological polar surface area (TPSA) is 44.4 Å². The van der Waals surface area contributed by atoms with Crippen LogP contribution >= 0.6 is 0 Å². The van der Waals surface area contributed by atoms with Gasteiger partial charge in [0.05, 0.1) is 0 Å². The lowest BCUT2D eigenvalue weighted by Gasteiger charge is -2.36. The van der Waals surface area contributed by atoms with E-state index in [1.807, 2.05) is 25.1 Å². The van der Waals surface area contributed by atoms with Crippen LogP contribution in [0.2, 0.25) is 0 Å². The van der Waals surface area contributed by atoms with Crippen LogP contribution < -0.4 is 10.6 Å². The Bertz CT molecular complexity index is 501. The van der Waals surface area contributed by atoms with Gasteiger partial charge in [-0.05, 0) is 58.4 Å². The van der Waals surface area contributed by atoms with Gasteiger partial charge < -0.3 is 15.5 Å². The molecule has 1 amide bonds. The zero-order chi connectivity index (χ0) is 15.4. The van der Waals surface area contributed by atoms with Crippen molar-refractivity contribution in [1.82, 2.24) is 10.2 Å². The molecule has 116 valence electrons. The maximum Gasteiger partial charge on any atom is 0.251 e. The summed E-state index contributed by atoms with van der Waals surface area (Å²) in [6.07, 6.45) is 2.28. The van der Waals surface area contributed by atoms with Crippen LogP contribution in [0.25, 0.3) is 0 Å². The van der Waals surface area contributed by atoms with E-state index in [4.69, 9.17) is 0 Å². The van der Waals surface area contributed by atoms with Crippen LogP contribution in [0.15, 0.2) is 18.2 Å². The number of hydrogen-bond acceptors (Lipinski definition) is 3. The summed E-state index contributed by atoms with van der Waals surface area (Å²) in [5.41, 5.74) is 3.00. The normalized spacial score (nSPS) is 22.9. The Labute approximate surface area is 127 Å². The summed E-state index contributed by atoms with van der Waals surface area (Å²) in [4.78, 5) is 14.3. The smallest absolute Gasteiger partial charge is 0.251 e. The molecule has 4 heteroatoms. The fourth-order valence-corrected chi connectivity index (χ4v) is 2.82. The molecule has 2 atom stereocenters. The molecular formula is C17H27N3O. The fraction of sp³-hybridized carbons (Fsp3) is 0.588. The summed E-state index contributed by atoms with van der Waals surface area (Å²) in [5, 5.41) is 6.48. The number of amides is 1. The highest BCUT2D eigenvalue weighted by Gasteiger charge is 2.23. The molecule has 2 unspecified atom stereocenters. The fourth-order valence-electron chi connectivity index (χ4n) is 2.82. The number of benzene rings is 1. The molecule has 21 heavy (non-hydrogen) atoms. The van der Waals surface area contributed by atoms with Gasteiger partial charge in [-0.1, -0.05) is 6.07 Å².